The fourth-order valence-electron chi connectivity index (χ4n) is 3.29. The quantitative estimate of drug-likeness (QED) is 0.748. The lowest BCUT2D eigenvalue weighted by molar-refractivity contribution is -0.0440. The van der Waals surface area contributed by atoms with E-state index in [0.717, 1.165) is 0 Å². The zero-order chi connectivity index (χ0) is 16.9. The Morgan fingerprint density at radius 2 is 1.74 bits per heavy atom. The van der Waals surface area contributed by atoms with E-state index in [4.69, 9.17) is 4.74 Å². The van der Waals surface area contributed by atoms with Gasteiger partial charge in [0.15, 0.2) is 0 Å². The number of nitrogens with one attached hydrogen (secondary N) is 2. The molecule has 0 aromatic carbocycles. The lowest BCUT2D eigenvalue weighted by atomic mass is 10.1. The second kappa shape index (κ2) is 8.30. The molecular formula is C15H29N3O4S. The molecule has 23 heavy (non-hydrogen) atoms. The van der Waals surface area contributed by atoms with Crippen LogP contribution in [0.2, 0.25) is 0 Å². The second-order valence-electron chi connectivity index (χ2n) is 6.68. The molecule has 1 saturated carbocycles. The van der Waals surface area contributed by atoms with Crippen LogP contribution in [0.3, 0.4) is 0 Å². The average molecular weight is 347 g/mol. The molecule has 0 spiro atoms. The van der Waals surface area contributed by atoms with E-state index < -0.39 is 10.0 Å². The number of hydrogen-bond acceptors (Lipinski definition) is 4. The van der Waals surface area contributed by atoms with Gasteiger partial charge in [0.05, 0.1) is 18.0 Å². The van der Waals surface area contributed by atoms with Crippen molar-refractivity contribution in [1.29, 1.82) is 0 Å². The minimum atomic E-state index is -3.36. The molecule has 1 saturated heterocycles. The third-order valence-electron chi connectivity index (χ3n) is 4.45. The Hall–Kier alpha value is -0.860. The van der Waals surface area contributed by atoms with Crippen LogP contribution in [-0.2, 0) is 14.8 Å². The highest BCUT2D eigenvalue weighted by atomic mass is 32.2. The van der Waals surface area contributed by atoms with Crippen LogP contribution in [0.25, 0.3) is 0 Å². The smallest absolute Gasteiger partial charge is 0.314 e. The Balaban J connectivity index is 1.68. The van der Waals surface area contributed by atoms with Crippen molar-refractivity contribution in [3.63, 3.8) is 0 Å². The Labute approximate surface area is 139 Å². The van der Waals surface area contributed by atoms with Crippen molar-refractivity contribution in [2.24, 2.45) is 5.92 Å². The predicted molar refractivity (Wildman–Crippen MR) is 88.7 cm³/mol. The summed E-state index contributed by atoms with van der Waals surface area (Å²) in [5.41, 5.74) is 0. The number of sulfonamides is 1. The first-order chi connectivity index (χ1) is 10.9. The van der Waals surface area contributed by atoms with Gasteiger partial charge in [0.25, 0.3) is 0 Å². The lowest BCUT2D eigenvalue weighted by Gasteiger charge is -2.34. The molecule has 7 nitrogen and oxygen atoms in total. The maximum Gasteiger partial charge on any atom is 0.314 e. The van der Waals surface area contributed by atoms with Gasteiger partial charge in [-0.15, -0.1) is 0 Å². The molecule has 0 aromatic heterocycles. The summed E-state index contributed by atoms with van der Waals surface area (Å²) in [4.78, 5) is 11.7. The molecular weight excluding hydrogens is 318 g/mol. The van der Waals surface area contributed by atoms with Crippen molar-refractivity contribution in [2.45, 2.75) is 51.7 Å². The molecule has 0 radical (unpaired) electrons. The minimum absolute atomic E-state index is 0.0801. The van der Waals surface area contributed by atoms with Gasteiger partial charge in [0.2, 0.25) is 10.0 Å². The fourth-order valence-corrected chi connectivity index (χ4v) is 4.79. The van der Waals surface area contributed by atoms with E-state index in [2.05, 4.69) is 10.6 Å². The molecule has 8 heteroatoms. The number of nitrogens with zero attached hydrogens (tertiary/aromatic N) is 1. The predicted octanol–water partition coefficient (Wildman–Crippen LogP) is 0.915. The van der Waals surface area contributed by atoms with E-state index in [-0.39, 0.29) is 30.5 Å². The zero-order valence-electron chi connectivity index (χ0n) is 14.1. The zero-order valence-corrected chi connectivity index (χ0v) is 14.9. The Kier molecular flexibility index (Phi) is 6.67. The topological polar surface area (TPSA) is 87.7 Å². The molecule has 0 aromatic rings. The molecule has 0 bridgehead atoms. The molecule has 2 amide bonds. The standard InChI is InChI=1S/C15H29N3O4S/c1-12-10-18(11-13(2)22-12)23(20,21)8-7-16-15(19)17-9-14-5-3-4-6-14/h12-14H,3-11H2,1-2H3,(H2,16,17,19)/t12-,13-/m0/s1. The molecule has 2 N–H and O–H groups in total. The van der Waals surface area contributed by atoms with Gasteiger partial charge < -0.3 is 15.4 Å². The molecule has 1 aliphatic carbocycles. The van der Waals surface area contributed by atoms with Gasteiger partial charge >= 0.3 is 6.03 Å². The van der Waals surface area contributed by atoms with Crippen LogP contribution in [0, 0.1) is 5.92 Å². The fraction of sp³-hybridized carbons (Fsp3) is 0.933. The SMILES string of the molecule is C[C@H]1CN(S(=O)(=O)CCNC(=O)NCC2CCCC2)C[C@H](C)O1. The first kappa shape index (κ1) is 18.5. The number of hydrogen-bond donors (Lipinski definition) is 2. The summed E-state index contributed by atoms with van der Waals surface area (Å²) >= 11 is 0. The molecule has 2 rings (SSSR count). The van der Waals surface area contributed by atoms with Gasteiger partial charge in [-0.05, 0) is 32.6 Å². The minimum Gasteiger partial charge on any atom is -0.373 e. The van der Waals surface area contributed by atoms with Crippen molar-refractivity contribution in [3.8, 4) is 0 Å². The lowest BCUT2D eigenvalue weighted by Crippen LogP contribution is -2.50. The van der Waals surface area contributed by atoms with Gasteiger partial charge in [0, 0.05) is 26.2 Å². The summed E-state index contributed by atoms with van der Waals surface area (Å²) in [5, 5.41) is 5.46. The summed E-state index contributed by atoms with van der Waals surface area (Å²) < 4.78 is 31.7. The van der Waals surface area contributed by atoms with Crippen molar-refractivity contribution in [1.82, 2.24) is 14.9 Å². The van der Waals surface area contributed by atoms with Gasteiger partial charge in [-0.2, -0.15) is 4.31 Å². The maximum atomic E-state index is 12.3. The van der Waals surface area contributed by atoms with Gasteiger partial charge in [-0.25, -0.2) is 13.2 Å². The summed E-state index contributed by atoms with van der Waals surface area (Å²) in [6.07, 6.45) is 4.61. The number of rotatable bonds is 6. The number of amides is 2. The summed E-state index contributed by atoms with van der Waals surface area (Å²) in [7, 11) is -3.36. The summed E-state index contributed by atoms with van der Waals surface area (Å²) in [6, 6.07) is -0.282. The van der Waals surface area contributed by atoms with Crippen molar-refractivity contribution >= 4 is 16.1 Å². The number of carbonyl (C=O) groups is 1. The van der Waals surface area contributed by atoms with Crippen LogP contribution in [0.1, 0.15) is 39.5 Å². The summed E-state index contributed by atoms with van der Waals surface area (Å²) in [5.74, 6) is 0.490. The Morgan fingerprint density at radius 3 is 2.35 bits per heavy atom. The Bertz CT molecular complexity index is 481. The van der Waals surface area contributed by atoms with Crippen LogP contribution in [-0.4, -0.2) is 62.9 Å². The monoisotopic (exact) mass is 347 g/mol. The molecule has 0 unspecified atom stereocenters. The van der Waals surface area contributed by atoms with Crippen LogP contribution < -0.4 is 10.6 Å². The van der Waals surface area contributed by atoms with Gasteiger partial charge in [-0.1, -0.05) is 12.8 Å². The van der Waals surface area contributed by atoms with Gasteiger partial charge in [-0.3, -0.25) is 0 Å². The number of carbonyl (C=O) groups excluding carboxylic acids is 1. The highest BCUT2D eigenvalue weighted by Crippen LogP contribution is 2.23. The van der Waals surface area contributed by atoms with E-state index in [0.29, 0.717) is 25.6 Å². The molecule has 2 fully saturated rings. The first-order valence-electron chi connectivity index (χ1n) is 8.52. The van der Waals surface area contributed by atoms with E-state index in [1.54, 1.807) is 0 Å². The van der Waals surface area contributed by atoms with Crippen molar-refractivity contribution in [3.05, 3.63) is 0 Å². The largest absolute Gasteiger partial charge is 0.373 e. The van der Waals surface area contributed by atoms with Crippen LogP contribution >= 0.6 is 0 Å². The normalized spacial score (nSPS) is 27.0. The van der Waals surface area contributed by atoms with Crippen LogP contribution in [0.5, 0.6) is 0 Å². The number of ether oxygens (including phenoxy) is 1. The Morgan fingerprint density at radius 1 is 1.13 bits per heavy atom. The van der Waals surface area contributed by atoms with Crippen LogP contribution in [0.15, 0.2) is 0 Å². The van der Waals surface area contributed by atoms with Crippen LogP contribution in [0.4, 0.5) is 4.79 Å². The van der Waals surface area contributed by atoms with Crippen molar-refractivity contribution in [2.75, 3.05) is 31.9 Å². The molecule has 134 valence electrons. The third kappa shape index (κ3) is 5.93. The third-order valence-corrected chi connectivity index (χ3v) is 6.26. The summed E-state index contributed by atoms with van der Waals surface area (Å²) in [6.45, 7) is 5.29. The number of urea groups is 1. The second-order valence-corrected chi connectivity index (χ2v) is 8.77. The van der Waals surface area contributed by atoms with E-state index >= 15 is 0 Å². The highest BCUT2D eigenvalue weighted by Gasteiger charge is 2.30. The molecule has 1 aliphatic heterocycles. The average Bonchev–Trinajstić information content (AvgIpc) is 2.97. The van der Waals surface area contributed by atoms with Crippen molar-refractivity contribution < 1.29 is 17.9 Å². The van der Waals surface area contributed by atoms with E-state index in [9.17, 15) is 13.2 Å². The first-order valence-corrected chi connectivity index (χ1v) is 10.1. The number of morpholine rings is 1. The highest BCUT2D eigenvalue weighted by molar-refractivity contribution is 7.89. The maximum absolute atomic E-state index is 12.3. The van der Waals surface area contributed by atoms with Gasteiger partial charge in [0.1, 0.15) is 0 Å². The molecule has 2 aliphatic rings. The van der Waals surface area contributed by atoms with E-state index in [1.165, 1.54) is 30.0 Å². The molecule has 2 atom stereocenters. The molecule has 1 heterocycles. The van der Waals surface area contributed by atoms with E-state index in [1.807, 2.05) is 13.8 Å².